The standard InChI is InChI=1S/C29H32Cl2N2O3/c1-19(2)32-29(35)27(16-22-8-6-5-7-9-22)33(17-23-11-13-25(30)26(31)15-23)28(34)18-36-24-12-10-20(3)21(4)14-24/h5-15,19,27H,16-18H2,1-4H3,(H,32,35)/t27-/m1/s1. The van der Waals surface area contributed by atoms with Crippen molar-refractivity contribution in [1.82, 2.24) is 10.2 Å². The van der Waals surface area contributed by atoms with Gasteiger partial charge in [-0.25, -0.2) is 0 Å². The van der Waals surface area contributed by atoms with Gasteiger partial charge in [0.05, 0.1) is 10.0 Å². The minimum Gasteiger partial charge on any atom is -0.484 e. The summed E-state index contributed by atoms with van der Waals surface area (Å²) in [5.41, 5.74) is 3.93. The predicted molar refractivity (Wildman–Crippen MR) is 146 cm³/mol. The number of hydrogen-bond donors (Lipinski definition) is 1. The lowest BCUT2D eigenvalue weighted by molar-refractivity contribution is -0.143. The Bertz CT molecular complexity index is 1200. The summed E-state index contributed by atoms with van der Waals surface area (Å²) in [6.45, 7) is 7.77. The summed E-state index contributed by atoms with van der Waals surface area (Å²) >= 11 is 12.3. The maximum Gasteiger partial charge on any atom is 0.261 e. The van der Waals surface area contributed by atoms with E-state index in [1.807, 2.05) is 76.2 Å². The third-order valence-corrected chi connectivity index (χ3v) is 6.62. The lowest BCUT2D eigenvalue weighted by atomic mass is 10.0. The molecule has 0 saturated carbocycles. The third-order valence-electron chi connectivity index (χ3n) is 5.88. The van der Waals surface area contributed by atoms with Crippen molar-refractivity contribution in [3.8, 4) is 5.75 Å². The number of halogens is 2. The van der Waals surface area contributed by atoms with Gasteiger partial charge in [0, 0.05) is 19.0 Å². The maximum absolute atomic E-state index is 13.6. The van der Waals surface area contributed by atoms with Crippen molar-refractivity contribution in [3.05, 3.63) is 99.0 Å². The molecule has 1 atom stereocenters. The topological polar surface area (TPSA) is 58.6 Å². The van der Waals surface area contributed by atoms with Crippen molar-refractivity contribution in [2.45, 2.75) is 52.7 Å². The van der Waals surface area contributed by atoms with E-state index in [-0.39, 0.29) is 31.0 Å². The number of aryl methyl sites for hydroxylation is 2. The fraction of sp³-hybridized carbons (Fsp3) is 0.310. The Morgan fingerprint density at radius 1 is 0.889 bits per heavy atom. The maximum atomic E-state index is 13.6. The number of ether oxygens (including phenoxy) is 1. The van der Waals surface area contributed by atoms with E-state index in [0.29, 0.717) is 22.2 Å². The fourth-order valence-corrected chi connectivity index (χ4v) is 4.12. The highest BCUT2D eigenvalue weighted by atomic mass is 35.5. The van der Waals surface area contributed by atoms with Gasteiger partial charge in [-0.1, -0.05) is 65.7 Å². The summed E-state index contributed by atoms with van der Waals surface area (Å²) in [4.78, 5) is 28.5. The number of nitrogens with one attached hydrogen (secondary N) is 1. The Kier molecular flexibility index (Phi) is 9.80. The summed E-state index contributed by atoms with van der Waals surface area (Å²) in [6.07, 6.45) is 0.357. The molecule has 0 aliphatic rings. The first kappa shape index (κ1) is 27.6. The van der Waals surface area contributed by atoms with E-state index >= 15 is 0 Å². The highest BCUT2D eigenvalue weighted by Crippen LogP contribution is 2.24. The summed E-state index contributed by atoms with van der Waals surface area (Å²) < 4.78 is 5.86. The quantitative estimate of drug-likeness (QED) is 0.344. The van der Waals surface area contributed by atoms with Crippen LogP contribution in [0.15, 0.2) is 66.7 Å². The highest BCUT2D eigenvalue weighted by Gasteiger charge is 2.31. The van der Waals surface area contributed by atoms with E-state index in [9.17, 15) is 9.59 Å². The smallest absolute Gasteiger partial charge is 0.261 e. The SMILES string of the molecule is Cc1ccc(OCC(=O)N(Cc2ccc(Cl)c(Cl)c2)[C@H](Cc2ccccc2)C(=O)NC(C)C)cc1C. The van der Waals surface area contributed by atoms with Crippen molar-refractivity contribution in [2.75, 3.05) is 6.61 Å². The Morgan fingerprint density at radius 3 is 2.25 bits per heavy atom. The van der Waals surface area contributed by atoms with Crippen LogP contribution in [0.4, 0.5) is 0 Å². The van der Waals surface area contributed by atoms with Crippen LogP contribution in [-0.4, -0.2) is 35.4 Å². The highest BCUT2D eigenvalue weighted by molar-refractivity contribution is 6.42. The molecule has 190 valence electrons. The van der Waals surface area contributed by atoms with Gasteiger partial charge in [0.1, 0.15) is 11.8 Å². The Labute approximate surface area is 223 Å². The molecule has 0 bridgehead atoms. The number of benzene rings is 3. The van der Waals surface area contributed by atoms with Crippen LogP contribution in [0, 0.1) is 13.8 Å². The van der Waals surface area contributed by atoms with Gasteiger partial charge in [-0.3, -0.25) is 9.59 Å². The number of amides is 2. The van der Waals surface area contributed by atoms with Gasteiger partial charge in [0.2, 0.25) is 5.91 Å². The molecule has 1 N–H and O–H groups in total. The number of nitrogens with zero attached hydrogens (tertiary/aromatic N) is 1. The minimum atomic E-state index is -0.750. The molecule has 36 heavy (non-hydrogen) atoms. The van der Waals surface area contributed by atoms with E-state index in [2.05, 4.69) is 5.32 Å². The molecule has 5 nitrogen and oxygen atoms in total. The van der Waals surface area contributed by atoms with Gasteiger partial charge in [0.15, 0.2) is 6.61 Å². The van der Waals surface area contributed by atoms with E-state index in [4.69, 9.17) is 27.9 Å². The Hall–Kier alpha value is -3.02. The minimum absolute atomic E-state index is 0.0792. The average molecular weight is 527 g/mol. The second-order valence-electron chi connectivity index (χ2n) is 9.17. The van der Waals surface area contributed by atoms with Gasteiger partial charge in [-0.15, -0.1) is 0 Å². The molecule has 0 aromatic heterocycles. The molecule has 7 heteroatoms. The molecule has 0 aliphatic heterocycles. The molecule has 0 radical (unpaired) electrons. The molecule has 2 amide bonds. The molecule has 0 spiro atoms. The zero-order valence-electron chi connectivity index (χ0n) is 21.1. The van der Waals surface area contributed by atoms with Crippen molar-refractivity contribution in [3.63, 3.8) is 0 Å². The van der Waals surface area contributed by atoms with Crippen LogP contribution in [0.1, 0.15) is 36.1 Å². The van der Waals surface area contributed by atoms with E-state index in [1.54, 1.807) is 23.1 Å². The van der Waals surface area contributed by atoms with Crippen LogP contribution >= 0.6 is 23.2 Å². The lowest BCUT2D eigenvalue weighted by Gasteiger charge is -2.32. The van der Waals surface area contributed by atoms with Crippen LogP contribution in [-0.2, 0) is 22.6 Å². The van der Waals surface area contributed by atoms with Crippen LogP contribution < -0.4 is 10.1 Å². The molecule has 3 aromatic carbocycles. The second kappa shape index (κ2) is 12.8. The third kappa shape index (κ3) is 7.74. The first-order valence-electron chi connectivity index (χ1n) is 11.9. The zero-order valence-corrected chi connectivity index (χ0v) is 22.6. The largest absolute Gasteiger partial charge is 0.484 e. The normalized spacial score (nSPS) is 11.8. The molecule has 3 rings (SSSR count). The molecular weight excluding hydrogens is 495 g/mol. The molecule has 0 unspecified atom stereocenters. The van der Waals surface area contributed by atoms with Crippen molar-refractivity contribution >= 4 is 35.0 Å². The van der Waals surface area contributed by atoms with Crippen molar-refractivity contribution in [1.29, 1.82) is 0 Å². The molecule has 0 saturated heterocycles. The number of carbonyl (C=O) groups excluding carboxylic acids is 2. The number of carbonyl (C=O) groups is 2. The average Bonchev–Trinajstić information content (AvgIpc) is 2.84. The van der Waals surface area contributed by atoms with Crippen LogP contribution in [0.25, 0.3) is 0 Å². The second-order valence-corrected chi connectivity index (χ2v) is 9.99. The Balaban J connectivity index is 1.93. The van der Waals surface area contributed by atoms with Gasteiger partial charge in [-0.2, -0.15) is 0 Å². The summed E-state index contributed by atoms with van der Waals surface area (Å²) in [5, 5.41) is 3.79. The summed E-state index contributed by atoms with van der Waals surface area (Å²) in [6, 6.07) is 19.7. The monoisotopic (exact) mass is 526 g/mol. The number of rotatable bonds is 10. The molecule has 0 heterocycles. The molecular formula is C29H32Cl2N2O3. The predicted octanol–water partition coefficient (Wildman–Crippen LogP) is 6.15. The van der Waals surface area contributed by atoms with Gasteiger partial charge in [-0.05, 0) is 74.2 Å². The van der Waals surface area contributed by atoms with Crippen LogP contribution in [0.5, 0.6) is 5.75 Å². The Morgan fingerprint density at radius 2 is 1.61 bits per heavy atom. The van der Waals surface area contributed by atoms with E-state index < -0.39 is 6.04 Å². The van der Waals surface area contributed by atoms with E-state index in [0.717, 1.165) is 22.3 Å². The molecule has 0 fully saturated rings. The van der Waals surface area contributed by atoms with Gasteiger partial charge >= 0.3 is 0 Å². The number of hydrogen-bond acceptors (Lipinski definition) is 3. The fourth-order valence-electron chi connectivity index (χ4n) is 3.80. The molecule has 3 aromatic rings. The lowest BCUT2D eigenvalue weighted by Crippen LogP contribution is -2.52. The first-order valence-corrected chi connectivity index (χ1v) is 12.7. The molecule has 0 aliphatic carbocycles. The first-order chi connectivity index (χ1) is 17.1. The van der Waals surface area contributed by atoms with Crippen molar-refractivity contribution in [2.24, 2.45) is 0 Å². The van der Waals surface area contributed by atoms with Crippen LogP contribution in [0.2, 0.25) is 10.0 Å². The van der Waals surface area contributed by atoms with E-state index in [1.165, 1.54) is 0 Å². The summed E-state index contributed by atoms with van der Waals surface area (Å²) in [7, 11) is 0. The van der Waals surface area contributed by atoms with Crippen LogP contribution in [0.3, 0.4) is 0 Å². The van der Waals surface area contributed by atoms with Crippen molar-refractivity contribution < 1.29 is 14.3 Å². The van der Waals surface area contributed by atoms with Gasteiger partial charge in [0.25, 0.3) is 5.91 Å². The van der Waals surface area contributed by atoms with Gasteiger partial charge < -0.3 is 15.0 Å². The zero-order chi connectivity index (χ0) is 26.2. The summed E-state index contributed by atoms with van der Waals surface area (Å²) in [5.74, 6) is 0.0692.